The molecule has 0 aliphatic heterocycles. The average molecular weight is 233 g/mol. The summed E-state index contributed by atoms with van der Waals surface area (Å²) in [5, 5.41) is 2.71. The lowest BCUT2D eigenvalue weighted by Crippen LogP contribution is -2.26. The second-order valence-corrected chi connectivity index (χ2v) is 4.84. The lowest BCUT2D eigenvalue weighted by molar-refractivity contribution is 0.585. The van der Waals surface area contributed by atoms with Gasteiger partial charge >= 0.3 is 0 Å². The summed E-state index contributed by atoms with van der Waals surface area (Å²) in [5.74, 6) is -0.361. The fraction of sp³-hybridized carbons (Fsp3) is 0.375. The number of pyridine rings is 1. The lowest BCUT2D eigenvalue weighted by Gasteiger charge is -2.05. The number of nitrogens with zero attached hydrogens (tertiary/aromatic N) is 1. The number of halogens is 1. The van der Waals surface area contributed by atoms with Crippen molar-refractivity contribution in [3.63, 3.8) is 0 Å². The van der Waals surface area contributed by atoms with Gasteiger partial charge in [-0.1, -0.05) is 6.07 Å². The molecule has 0 fully saturated rings. The van der Waals surface area contributed by atoms with Crippen LogP contribution in [-0.4, -0.2) is 32.7 Å². The molecule has 5 nitrogen and oxygen atoms in total. The molecule has 0 saturated carbocycles. The third-order valence-electron chi connectivity index (χ3n) is 1.70. The highest BCUT2D eigenvalue weighted by atomic mass is 32.2. The summed E-state index contributed by atoms with van der Waals surface area (Å²) in [4.78, 5) is 3.53. The van der Waals surface area contributed by atoms with Gasteiger partial charge in [-0.15, -0.1) is 0 Å². The van der Waals surface area contributed by atoms with Gasteiger partial charge in [-0.25, -0.2) is 18.1 Å². The Morgan fingerprint density at radius 1 is 1.47 bits per heavy atom. The molecule has 0 saturated heterocycles. The van der Waals surface area contributed by atoms with Crippen molar-refractivity contribution >= 4 is 15.8 Å². The van der Waals surface area contributed by atoms with Gasteiger partial charge in [0.1, 0.15) is 5.82 Å². The Morgan fingerprint density at radius 3 is 2.80 bits per heavy atom. The van der Waals surface area contributed by atoms with Crippen LogP contribution in [0, 0.1) is 5.95 Å². The number of anilines is 1. The van der Waals surface area contributed by atoms with Crippen molar-refractivity contribution in [2.24, 2.45) is 0 Å². The van der Waals surface area contributed by atoms with Gasteiger partial charge in [0.25, 0.3) is 0 Å². The molecule has 0 radical (unpaired) electrons. The average Bonchev–Trinajstić information content (AvgIpc) is 2.18. The van der Waals surface area contributed by atoms with Gasteiger partial charge in [0.05, 0.1) is 5.75 Å². The quantitative estimate of drug-likeness (QED) is 0.712. The minimum Gasteiger partial charge on any atom is -0.369 e. The first-order valence-electron chi connectivity index (χ1n) is 4.31. The normalized spacial score (nSPS) is 11.3. The van der Waals surface area contributed by atoms with Gasteiger partial charge in [-0.3, -0.25) is 0 Å². The van der Waals surface area contributed by atoms with Crippen molar-refractivity contribution < 1.29 is 12.8 Å². The highest BCUT2D eigenvalue weighted by molar-refractivity contribution is 7.89. The third kappa shape index (κ3) is 4.22. The van der Waals surface area contributed by atoms with Crippen LogP contribution in [0.15, 0.2) is 18.2 Å². The van der Waals surface area contributed by atoms with Crippen LogP contribution < -0.4 is 10.0 Å². The van der Waals surface area contributed by atoms with E-state index in [4.69, 9.17) is 0 Å². The standard InChI is InChI=1S/C8H12FN3O2S/c1-10-15(13,14)6-5-11-8-4-2-3-7(9)12-8/h2-4,10H,5-6H2,1H3,(H,11,12). The molecule has 15 heavy (non-hydrogen) atoms. The summed E-state index contributed by atoms with van der Waals surface area (Å²) in [6.45, 7) is 0.180. The molecule has 1 rings (SSSR count). The fourth-order valence-electron chi connectivity index (χ4n) is 0.922. The molecule has 0 aliphatic rings. The maximum Gasteiger partial charge on any atom is 0.214 e. The SMILES string of the molecule is CNS(=O)(=O)CCNc1cccc(F)n1. The molecule has 0 unspecified atom stereocenters. The molecule has 1 aromatic heterocycles. The van der Waals surface area contributed by atoms with Crippen molar-refractivity contribution in [2.45, 2.75) is 0 Å². The number of aromatic nitrogens is 1. The summed E-state index contributed by atoms with van der Waals surface area (Å²) in [6, 6.07) is 4.28. The molecular formula is C8H12FN3O2S. The van der Waals surface area contributed by atoms with E-state index in [9.17, 15) is 12.8 Å². The number of hydrogen-bond donors (Lipinski definition) is 2. The maximum atomic E-state index is 12.6. The Bertz CT molecular complexity index is 422. The minimum atomic E-state index is -3.23. The van der Waals surface area contributed by atoms with Crippen LogP contribution in [0.1, 0.15) is 0 Å². The molecule has 0 amide bonds. The van der Waals surface area contributed by atoms with E-state index < -0.39 is 16.0 Å². The molecule has 2 N–H and O–H groups in total. The maximum absolute atomic E-state index is 12.6. The Kier molecular flexibility index (Phi) is 3.98. The Hall–Kier alpha value is -1.21. The van der Waals surface area contributed by atoms with Crippen molar-refractivity contribution in [3.8, 4) is 0 Å². The predicted molar refractivity (Wildman–Crippen MR) is 55.5 cm³/mol. The van der Waals surface area contributed by atoms with Gasteiger partial charge in [-0.05, 0) is 19.2 Å². The van der Waals surface area contributed by atoms with Crippen LogP contribution in [0.3, 0.4) is 0 Å². The first kappa shape index (κ1) is 11.9. The van der Waals surface area contributed by atoms with E-state index in [2.05, 4.69) is 15.0 Å². The molecule has 0 aliphatic carbocycles. The molecule has 1 heterocycles. The van der Waals surface area contributed by atoms with Crippen LogP contribution in [0.25, 0.3) is 0 Å². The van der Waals surface area contributed by atoms with Crippen molar-refractivity contribution in [1.82, 2.24) is 9.71 Å². The largest absolute Gasteiger partial charge is 0.369 e. The third-order valence-corrected chi connectivity index (χ3v) is 3.07. The van der Waals surface area contributed by atoms with Gasteiger partial charge in [-0.2, -0.15) is 4.39 Å². The minimum absolute atomic E-state index is 0.0817. The summed E-state index contributed by atoms with van der Waals surface area (Å²) >= 11 is 0. The Morgan fingerprint density at radius 2 is 2.20 bits per heavy atom. The zero-order chi connectivity index (χ0) is 11.3. The van der Waals surface area contributed by atoms with E-state index in [1.165, 1.54) is 19.2 Å². The highest BCUT2D eigenvalue weighted by Crippen LogP contribution is 2.02. The number of nitrogens with one attached hydrogen (secondary N) is 2. The monoisotopic (exact) mass is 233 g/mol. The second kappa shape index (κ2) is 5.04. The molecular weight excluding hydrogens is 221 g/mol. The molecule has 1 aromatic rings. The fourth-order valence-corrected chi connectivity index (χ4v) is 1.50. The van der Waals surface area contributed by atoms with E-state index in [0.717, 1.165) is 0 Å². The number of hydrogen-bond acceptors (Lipinski definition) is 4. The van der Waals surface area contributed by atoms with Gasteiger partial charge < -0.3 is 5.32 Å². The van der Waals surface area contributed by atoms with Crippen molar-refractivity contribution in [1.29, 1.82) is 0 Å². The van der Waals surface area contributed by atoms with Crippen LogP contribution in [0.2, 0.25) is 0 Å². The van der Waals surface area contributed by atoms with E-state index in [-0.39, 0.29) is 12.3 Å². The smallest absolute Gasteiger partial charge is 0.214 e. The van der Waals surface area contributed by atoms with Crippen LogP contribution in [-0.2, 0) is 10.0 Å². The van der Waals surface area contributed by atoms with Crippen molar-refractivity contribution in [2.75, 3.05) is 24.7 Å². The zero-order valence-electron chi connectivity index (χ0n) is 8.20. The Balaban J connectivity index is 2.45. The van der Waals surface area contributed by atoms with E-state index in [1.807, 2.05) is 0 Å². The summed E-state index contributed by atoms with van der Waals surface area (Å²) in [6.07, 6.45) is 0. The van der Waals surface area contributed by atoms with Gasteiger partial charge in [0.15, 0.2) is 0 Å². The predicted octanol–water partition coefficient (Wildman–Crippen LogP) is 0.182. The summed E-state index contributed by atoms with van der Waals surface area (Å²) < 4.78 is 36.8. The Labute approximate surface area is 87.8 Å². The van der Waals surface area contributed by atoms with Crippen LogP contribution in [0.4, 0.5) is 10.2 Å². The van der Waals surface area contributed by atoms with E-state index >= 15 is 0 Å². The first-order chi connectivity index (χ1) is 7.03. The lowest BCUT2D eigenvalue weighted by atomic mass is 10.4. The topological polar surface area (TPSA) is 71.1 Å². The summed E-state index contributed by atoms with van der Waals surface area (Å²) in [7, 11) is -1.89. The molecule has 0 atom stereocenters. The number of sulfonamides is 1. The van der Waals surface area contributed by atoms with E-state index in [0.29, 0.717) is 5.82 Å². The highest BCUT2D eigenvalue weighted by Gasteiger charge is 2.05. The van der Waals surface area contributed by atoms with E-state index in [1.54, 1.807) is 6.07 Å². The number of rotatable bonds is 5. The van der Waals surface area contributed by atoms with Crippen molar-refractivity contribution in [3.05, 3.63) is 24.1 Å². The zero-order valence-corrected chi connectivity index (χ0v) is 9.01. The molecule has 0 bridgehead atoms. The van der Waals surface area contributed by atoms with Crippen LogP contribution >= 0.6 is 0 Å². The molecule has 0 aromatic carbocycles. The summed E-state index contributed by atoms with van der Waals surface area (Å²) in [5.41, 5.74) is 0. The molecule has 0 spiro atoms. The van der Waals surface area contributed by atoms with Gasteiger partial charge in [0.2, 0.25) is 16.0 Å². The second-order valence-electron chi connectivity index (χ2n) is 2.80. The molecule has 84 valence electrons. The first-order valence-corrected chi connectivity index (χ1v) is 5.96. The van der Waals surface area contributed by atoms with Gasteiger partial charge in [0, 0.05) is 6.54 Å². The van der Waals surface area contributed by atoms with Crippen LogP contribution in [0.5, 0.6) is 0 Å². The molecule has 7 heteroatoms.